The Kier molecular flexibility index (Phi) is 14.0. The van der Waals surface area contributed by atoms with E-state index < -0.39 is 0 Å². The van der Waals surface area contributed by atoms with E-state index in [9.17, 15) is 0 Å². The van der Waals surface area contributed by atoms with Crippen molar-refractivity contribution in [2.24, 2.45) is 0 Å². The van der Waals surface area contributed by atoms with Crippen molar-refractivity contribution in [3.8, 4) is 67.9 Å². The molecular formula is C76H63N5O2Pt. The largest absolute Gasteiger partial charge is 2.00 e. The first-order valence-electron chi connectivity index (χ1n) is 29.1. The summed E-state index contributed by atoms with van der Waals surface area (Å²) in [7, 11) is 0. The molecule has 8 heteroatoms. The zero-order valence-corrected chi connectivity index (χ0v) is 50.9. The molecule has 0 spiro atoms. The third-order valence-corrected chi connectivity index (χ3v) is 16.6. The van der Waals surface area contributed by atoms with E-state index in [0.717, 1.165) is 88.6 Å². The van der Waals surface area contributed by atoms with Crippen molar-refractivity contribution in [3.63, 3.8) is 0 Å². The number of pyridine rings is 1. The van der Waals surface area contributed by atoms with Crippen LogP contribution in [0, 0.1) is 19.1 Å². The van der Waals surface area contributed by atoms with Crippen LogP contribution in [-0.2, 0) is 21.1 Å². The van der Waals surface area contributed by atoms with Crippen molar-refractivity contribution in [1.29, 1.82) is 0 Å². The van der Waals surface area contributed by atoms with Gasteiger partial charge in [-0.1, -0.05) is 194 Å². The molecule has 0 aliphatic carbocycles. The molecule has 0 amide bonds. The van der Waals surface area contributed by atoms with Gasteiger partial charge in [0.1, 0.15) is 5.58 Å². The number of aryl methyl sites for hydroxylation is 1. The van der Waals surface area contributed by atoms with Gasteiger partial charge < -0.3 is 18.3 Å². The number of hydrogen-bond acceptors (Lipinski definition) is 5. The van der Waals surface area contributed by atoms with Crippen LogP contribution in [0.5, 0.6) is 11.5 Å². The maximum absolute atomic E-state index is 7.37. The third kappa shape index (κ3) is 9.21. The quantitative estimate of drug-likeness (QED) is 0.0900. The fourth-order valence-electron chi connectivity index (χ4n) is 12.5. The standard InChI is InChI=1S/C76H63N5O2.Pt/c1-44(2)59-38-52(49-23-12-10-13-24-49)39-60(45(3)4)71(59)80-68-33-20-18-31-65(68)78-75(80)51-27-22-28-54(37-51)82-55-42-63-58-35-36-67-70(57-30-17-16-29-56(57)48(9)77-67)74(58)83-73(63)64(43-55)76-79-66-32-19-21-34-69(66)81(76)72-61(46(5)6)40-53(41-62(72)47(7)8)50-25-14-11-15-26-50;/h10-36,38-42,44-47H,1-9H3;/q-2;+2. The molecule has 4 heterocycles. The molecule has 0 aliphatic heterocycles. The Hall–Kier alpha value is -8.90. The second-order valence-corrected chi connectivity index (χ2v) is 23.3. The number of para-hydroxylation sites is 4. The molecule has 0 saturated heterocycles. The van der Waals surface area contributed by atoms with Crippen LogP contribution in [0.25, 0.3) is 122 Å². The average Bonchev–Trinajstić information content (AvgIpc) is 1.83. The van der Waals surface area contributed by atoms with E-state index in [1.165, 1.54) is 44.5 Å². The number of imidazole rings is 2. The monoisotopic (exact) mass is 1270 g/mol. The number of ether oxygens (including phenoxy) is 1. The van der Waals surface area contributed by atoms with Crippen molar-refractivity contribution >= 4 is 65.7 Å². The number of aromatic nitrogens is 5. The molecule has 0 unspecified atom stereocenters. The van der Waals surface area contributed by atoms with E-state index in [1.54, 1.807) is 0 Å². The number of hydrogen-bond donors (Lipinski definition) is 0. The van der Waals surface area contributed by atoms with Gasteiger partial charge in [-0.15, -0.1) is 23.8 Å². The number of nitrogens with zero attached hydrogens (tertiary/aromatic N) is 5. The fraction of sp³-hybridized carbons (Fsp3) is 0.171. The molecule has 0 atom stereocenters. The second-order valence-electron chi connectivity index (χ2n) is 23.3. The summed E-state index contributed by atoms with van der Waals surface area (Å²) in [6.45, 7) is 20.4. The van der Waals surface area contributed by atoms with Crippen LogP contribution in [-0.4, -0.2) is 24.1 Å². The molecule has 0 bridgehead atoms. The topological polar surface area (TPSA) is 70.9 Å². The predicted octanol–water partition coefficient (Wildman–Crippen LogP) is 20.8. The number of rotatable bonds is 12. The first-order chi connectivity index (χ1) is 40.4. The predicted molar refractivity (Wildman–Crippen MR) is 343 cm³/mol. The van der Waals surface area contributed by atoms with Crippen molar-refractivity contribution in [1.82, 2.24) is 24.1 Å². The van der Waals surface area contributed by atoms with Crippen LogP contribution in [0.1, 0.15) is 107 Å². The third-order valence-electron chi connectivity index (χ3n) is 16.6. The van der Waals surface area contributed by atoms with E-state index in [0.29, 0.717) is 28.5 Å². The Morgan fingerprint density at radius 3 is 1.46 bits per heavy atom. The van der Waals surface area contributed by atoms with Gasteiger partial charge in [-0.3, -0.25) is 15.0 Å². The molecule has 0 N–H and O–H groups in total. The molecule has 4 aromatic heterocycles. The maximum Gasteiger partial charge on any atom is 2.00 e. The van der Waals surface area contributed by atoms with Crippen molar-refractivity contribution < 1.29 is 30.2 Å². The summed E-state index contributed by atoms with van der Waals surface area (Å²) in [4.78, 5) is 16.2. The Labute approximate surface area is 504 Å². The summed E-state index contributed by atoms with van der Waals surface area (Å²) in [5, 5.41) is 4.95. The minimum atomic E-state index is 0. The zero-order valence-electron chi connectivity index (χ0n) is 48.7. The summed E-state index contributed by atoms with van der Waals surface area (Å²) in [5.74, 6) is 3.26. The van der Waals surface area contributed by atoms with Gasteiger partial charge in [-0.05, 0) is 141 Å². The van der Waals surface area contributed by atoms with Crippen LogP contribution < -0.4 is 4.74 Å². The van der Waals surface area contributed by atoms with E-state index in [1.807, 2.05) is 12.1 Å². The van der Waals surface area contributed by atoms with Gasteiger partial charge >= 0.3 is 21.1 Å². The van der Waals surface area contributed by atoms with Crippen LogP contribution in [0.4, 0.5) is 0 Å². The van der Waals surface area contributed by atoms with E-state index >= 15 is 0 Å². The van der Waals surface area contributed by atoms with Gasteiger partial charge in [0.05, 0.1) is 50.2 Å². The van der Waals surface area contributed by atoms with Gasteiger partial charge in [0.2, 0.25) is 0 Å². The first-order valence-corrected chi connectivity index (χ1v) is 29.1. The molecule has 7 nitrogen and oxygen atoms in total. The van der Waals surface area contributed by atoms with Crippen LogP contribution >= 0.6 is 0 Å². The Bertz CT molecular complexity index is 4800. The van der Waals surface area contributed by atoms with Crippen LogP contribution in [0.3, 0.4) is 0 Å². The van der Waals surface area contributed by atoms with Gasteiger partial charge in [0.25, 0.3) is 0 Å². The molecule has 14 rings (SSSR count). The zero-order chi connectivity index (χ0) is 56.8. The van der Waals surface area contributed by atoms with Gasteiger partial charge in [-0.25, -0.2) is 0 Å². The second kappa shape index (κ2) is 21.7. The molecule has 414 valence electrons. The fourth-order valence-corrected chi connectivity index (χ4v) is 12.5. The molecule has 0 radical (unpaired) electrons. The summed E-state index contributed by atoms with van der Waals surface area (Å²) in [6.07, 6.45) is 0. The van der Waals surface area contributed by atoms with E-state index in [4.69, 9.17) is 24.1 Å². The van der Waals surface area contributed by atoms with Gasteiger partial charge in [-0.2, -0.15) is 0 Å². The summed E-state index contributed by atoms with van der Waals surface area (Å²) in [6, 6.07) is 76.2. The van der Waals surface area contributed by atoms with E-state index in [-0.39, 0.29) is 44.7 Å². The molecule has 0 fully saturated rings. The number of benzene rings is 10. The van der Waals surface area contributed by atoms with Crippen LogP contribution in [0.15, 0.2) is 199 Å². The van der Waals surface area contributed by atoms with Gasteiger partial charge in [0.15, 0.2) is 0 Å². The SMILES string of the molecule is Cc1nc2ccc3c4cc(Oc5[c-]c(-c6nc7ccccc7n6-c6c(C(C)C)cc(-c7ccccc7)cc6C(C)C)ccc5)[c-]c(-c5nc6ccccc6n5-c5c(C(C)C)cc(-c6ccccc6)cc5C(C)C)c4oc3c2c2ccccc12.[Pt+2]. The van der Waals surface area contributed by atoms with Crippen molar-refractivity contribution in [2.75, 3.05) is 0 Å². The molecule has 10 aromatic carbocycles. The number of furan rings is 1. The molecule has 14 aromatic rings. The summed E-state index contributed by atoms with van der Waals surface area (Å²) >= 11 is 0. The smallest absolute Gasteiger partial charge is 0.500 e. The first kappa shape index (κ1) is 54.4. The van der Waals surface area contributed by atoms with Crippen molar-refractivity contribution in [2.45, 2.75) is 86.0 Å². The Morgan fingerprint density at radius 1 is 0.405 bits per heavy atom. The average molecular weight is 1270 g/mol. The van der Waals surface area contributed by atoms with E-state index in [2.05, 4.69) is 266 Å². The molecule has 0 aliphatic rings. The van der Waals surface area contributed by atoms with Crippen LogP contribution in [0.2, 0.25) is 0 Å². The summed E-state index contributed by atoms with van der Waals surface area (Å²) in [5.41, 5.74) is 20.5. The molecular weight excluding hydrogens is 1210 g/mol. The number of fused-ring (bicyclic) bond motifs is 9. The minimum Gasteiger partial charge on any atom is -0.500 e. The van der Waals surface area contributed by atoms with Crippen molar-refractivity contribution in [3.05, 3.63) is 234 Å². The Balaban J connectivity index is 0.00000658. The molecule has 84 heavy (non-hydrogen) atoms. The van der Waals surface area contributed by atoms with Gasteiger partial charge in [0, 0.05) is 39.3 Å². The maximum atomic E-state index is 7.37. The normalized spacial score (nSPS) is 12.0. The molecule has 0 saturated carbocycles. The summed E-state index contributed by atoms with van der Waals surface area (Å²) < 4.78 is 19.3. The Morgan fingerprint density at radius 2 is 0.905 bits per heavy atom. The minimum absolute atomic E-state index is 0.